The molecule has 2 N–H and O–H groups in total. The van der Waals surface area contributed by atoms with Gasteiger partial charge >= 0.3 is 7.12 Å². The molecule has 1 fully saturated rings. The van der Waals surface area contributed by atoms with Gasteiger partial charge in [-0.15, -0.1) is 0 Å². The van der Waals surface area contributed by atoms with Crippen LogP contribution in [-0.2, 0) is 16.4 Å². The van der Waals surface area contributed by atoms with E-state index in [1.165, 1.54) is 0 Å². The van der Waals surface area contributed by atoms with Crippen molar-refractivity contribution < 1.29 is 9.31 Å². The van der Waals surface area contributed by atoms with Gasteiger partial charge in [-0.1, -0.05) is 24.3 Å². The molecule has 0 saturated carbocycles. The zero-order valence-corrected chi connectivity index (χ0v) is 13.9. The summed E-state index contributed by atoms with van der Waals surface area (Å²) in [6.07, 6.45) is 1.97. The summed E-state index contributed by atoms with van der Waals surface area (Å²) in [7, 11) is 1.62. The van der Waals surface area contributed by atoms with Crippen molar-refractivity contribution in [2.75, 3.05) is 5.73 Å². The lowest BCUT2D eigenvalue weighted by Crippen LogP contribution is -2.41. The molecule has 2 heterocycles. The molecule has 2 aromatic rings. The predicted molar refractivity (Wildman–Crippen MR) is 91.0 cm³/mol. The van der Waals surface area contributed by atoms with E-state index >= 15 is 0 Å². The lowest BCUT2D eigenvalue weighted by molar-refractivity contribution is 0.00578. The van der Waals surface area contributed by atoms with Crippen LogP contribution >= 0.6 is 0 Å². The molecule has 0 unspecified atom stereocenters. The fourth-order valence-electron chi connectivity index (χ4n) is 2.59. The number of nitrogens with two attached hydrogens (primary N) is 1. The minimum atomic E-state index is -0.327. The topological polar surface area (TPSA) is 49.4 Å². The van der Waals surface area contributed by atoms with E-state index in [4.69, 9.17) is 15.0 Å². The van der Waals surface area contributed by atoms with E-state index in [1.54, 1.807) is 0 Å². The third-order valence-corrected chi connectivity index (χ3v) is 4.87. The fraction of sp³-hybridized carbons (Fsp3) is 0.412. The van der Waals surface area contributed by atoms with Crippen LogP contribution in [0.2, 0.25) is 0 Å². The number of anilines is 1. The van der Waals surface area contributed by atoms with E-state index in [-0.39, 0.29) is 18.3 Å². The molecule has 22 heavy (non-hydrogen) atoms. The van der Waals surface area contributed by atoms with Crippen LogP contribution in [0.25, 0.3) is 11.1 Å². The van der Waals surface area contributed by atoms with Crippen molar-refractivity contribution in [3.8, 4) is 11.1 Å². The summed E-state index contributed by atoms with van der Waals surface area (Å²) >= 11 is 0. The fourth-order valence-corrected chi connectivity index (χ4v) is 2.59. The summed E-state index contributed by atoms with van der Waals surface area (Å²) in [6.45, 7) is 8.25. The Kier molecular flexibility index (Phi) is 3.38. The quantitative estimate of drug-likeness (QED) is 0.867. The van der Waals surface area contributed by atoms with Gasteiger partial charge in [0.15, 0.2) is 0 Å². The van der Waals surface area contributed by atoms with Gasteiger partial charge in [-0.2, -0.15) is 0 Å². The van der Waals surface area contributed by atoms with Crippen molar-refractivity contribution in [3.63, 3.8) is 0 Å². The van der Waals surface area contributed by atoms with Crippen LogP contribution in [0.4, 0.5) is 5.82 Å². The minimum Gasteiger partial charge on any atom is -0.399 e. The number of aromatic nitrogens is 1. The molecule has 0 spiro atoms. The van der Waals surface area contributed by atoms with Crippen LogP contribution in [0.1, 0.15) is 27.7 Å². The van der Waals surface area contributed by atoms with Gasteiger partial charge in [0.25, 0.3) is 0 Å². The zero-order chi connectivity index (χ0) is 16.1. The maximum absolute atomic E-state index is 6.08. The maximum Gasteiger partial charge on any atom is 0.494 e. The normalized spacial score (nSPS) is 19.6. The highest BCUT2D eigenvalue weighted by molar-refractivity contribution is 6.62. The Morgan fingerprint density at radius 3 is 1.95 bits per heavy atom. The lowest BCUT2D eigenvalue weighted by atomic mass is 9.78. The number of hydrogen-bond acceptors (Lipinski definition) is 3. The average Bonchev–Trinajstić information content (AvgIpc) is 2.88. The van der Waals surface area contributed by atoms with Crippen molar-refractivity contribution in [2.24, 2.45) is 7.05 Å². The van der Waals surface area contributed by atoms with Crippen LogP contribution in [0.3, 0.4) is 0 Å². The highest BCUT2D eigenvalue weighted by atomic mass is 16.7. The van der Waals surface area contributed by atoms with E-state index in [0.29, 0.717) is 0 Å². The molecule has 1 saturated heterocycles. The van der Waals surface area contributed by atoms with Crippen molar-refractivity contribution in [3.05, 3.63) is 36.5 Å². The second-order valence-electron chi connectivity index (χ2n) is 6.94. The Morgan fingerprint density at radius 1 is 0.955 bits per heavy atom. The third kappa shape index (κ3) is 2.34. The first-order valence-electron chi connectivity index (χ1n) is 7.58. The molecule has 4 nitrogen and oxygen atoms in total. The molecular weight excluding hydrogens is 275 g/mol. The number of benzene rings is 1. The van der Waals surface area contributed by atoms with E-state index < -0.39 is 0 Å². The molecule has 0 bridgehead atoms. The van der Waals surface area contributed by atoms with Gasteiger partial charge in [0.05, 0.1) is 11.2 Å². The number of hydrogen-bond donors (Lipinski definition) is 1. The molecule has 1 aromatic carbocycles. The average molecular weight is 298 g/mol. The van der Waals surface area contributed by atoms with Gasteiger partial charge in [-0.25, -0.2) is 0 Å². The van der Waals surface area contributed by atoms with Crippen LogP contribution in [-0.4, -0.2) is 22.9 Å². The van der Waals surface area contributed by atoms with Gasteiger partial charge in [0.1, 0.15) is 5.82 Å². The Balaban J connectivity index is 1.86. The lowest BCUT2D eigenvalue weighted by Gasteiger charge is -2.32. The van der Waals surface area contributed by atoms with E-state index in [0.717, 1.165) is 22.4 Å². The monoisotopic (exact) mass is 298 g/mol. The molecule has 0 atom stereocenters. The van der Waals surface area contributed by atoms with Gasteiger partial charge in [-0.3, -0.25) is 0 Å². The zero-order valence-electron chi connectivity index (χ0n) is 13.9. The van der Waals surface area contributed by atoms with Crippen molar-refractivity contribution in [2.45, 2.75) is 38.9 Å². The molecule has 1 aromatic heterocycles. The SMILES string of the molecule is Cn1ccc(-c2ccc(B3OC(C)(C)C(C)(C)O3)cc2)c1N. The highest BCUT2D eigenvalue weighted by Crippen LogP contribution is 2.36. The molecule has 0 radical (unpaired) electrons. The summed E-state index contributed by atoms with van der Waals surface area (Å²) in [5.41, 5.74) is 8.61. The molecule has 5 heteroatoms. The molecule has 3 rings (SSSR count). The summed E-state index contributed by atoms with van der Waals surface area (Å²) < 4.78 is 14.1. The van der Waals surface area contributed by atoms with Crippen LogP contribution in [0.5, 0.6) is 0 Å². The Morgan fingerprint density at radius 2 is 1.50 bits per heavy atom. The Labute approximate surface area is 132 Å². The molecule has 1 aliphatic heterocycles. The summed E-state index contributed by atoms with van der Waals surface area (Å²) in [4.78, 5) is 0. The standard InChI is InChI=1S/C17H23BN2O2/c1-16(2)17(3,4)22-18(21-16)13-8-6-12(7-9-13)14-10-11-20(5)15(14)19/h6-11H,19H2,1-5H3. The van der Waals surface area contributed by atoms with Crippen LogP contribution in [0, 0.1) is 0 Å². The summed E-state index contributed by atoms with van der Waals surface area (Å²) in [6, 6.07) is 10.2. The van der Waals surface area contributed by atoms with Gasteiger partial charge in [0, 0.05) is 18.8 Å². The maximum atomic E-state index is 6.08. The second kappa shape index (κ2) is 4.90. The number of nitrogen functional groups attached to an aromatic ring is 1. The molecule has 1 aliphatic rings. The second-order valence-corrected chi connectivity index (χ2v) is 6.94. The van der Waals surface area contributed by atoms with Crippen molar-refractivity contribution in [1.29, 1.82) is 0 Å². The smallest absolute Gasteiger partial charge is 0.399 e. The third-order valence-electron chi connectivity index (χ3n) is 4.87. The molecule has 0 amide bonds. The molecule has 116 valence electrons. The van der Waals surface area contributed by atoms with E-state index in [2.05, 4.69) is 39.8 Å². The number of rotatable bonds is 2. The van der Waals surface area contributed by atoms with Crippen LogP contribution < -0.4 is 11.2 Å². The Hall–Kier alpha value is -1.72. The van der Waals surface area contributed by atoms with E-state index in [1.807, 2.05) is 36.0 Å². The van der Waals surface area contributed by atoms with Crippen molar-refractivity contribution >= 4 is 18.4 Å². The molecular formula is C17H23BN2O2. The Bertz CT molecular complexity index is 673. The van der Waals surface area contributed by atoms with Gasteiger partial charge in [0.2, 0.25) is 0 Å². The largest absolute Gasteiger partial charge is 0.494 e. The summed E-state index contributed by atoms with van der Waals surface area (Å²) in [5.74, 6) is 0.767. The highest BCUT2D eigenvalue weighted by Gasteiger charge is 2.51. The predicted octanol–water partition coefficient (Wildman–Crippen LogP) is 2.57. The first kappa shape index (κ1) is 15.2. The first-order valence-corrected chi connectivity index (χ1v) is 7.58. The first-order chi connectivity index (χ1) is 10.2. The van der Waals surface area contributed by atoms with Crippen LogP contribution in [0.15, 0.2) is 36.5 Å². The number of aryl methyl sites for hydroxylation is 1. The minimum absolute atomic E-state index is 0.319. The van der Waals surface area contributed by atoms with E-state index in [9.17, 15) is 0 Å². The summed E-state index contributed by atoms with van der Waals surface area (Å²) in [5, 5.41) is 0. The van der Waals surface area contributed by atoms with Gasteiger partial charge in [-0.05, 0) is 44.8 Å². The van der Waals surface area contributed by atoms with Gasteiger partial charge < -0.3 is 19.6 Å². The number of nitrogens with zero attached hydrogens (tertiary/aromatic N) is 1. The molecule has 0 aliphatic carbocycles. The van der Waals surface area contributed by atoms with Crippen molar-refractivity contribution in [1.82, 2.24) is 4.57 Å².